The molecule has 1 rings (SSSR count). The minimum absolute atomic E-state index is 0.0359. The maximum atomic E-state index is 12.0. The summed E-state index contributed by atoms with van der Waals surface area (Å²) < 4.78 is 29.9. The second kappa shape index (κ2) is 5.79. The number of ether oxygens (including phenoxy) is 1. The first-order valence-corrected chi connectivity index (χ1v) is 7.28. The Morgan fingerprint density at radius 1 is 1.53 bits per heavy atom. The normalized spacial score (nSPS) is 26.1. The Labute approximate surface area is 102 Å². The van der Waals surface area contributed by atoms with Crippen LogP contribution in [0.4, 0.5) is 0 Å². The summed E-state index contributed by atoms with van der Waals surface area (Å²) in [5.41, 5.74) is 5.55. The smallest absolute Gasteiger partial charge is 0.306 e. The van der Waals surface area contributed by atoms with E-state index in [2.05, 4.69) is 4.74 Å². The average Bonchev–Trinajstić information content (AvgIpc) is 2.68. The summed E-state index contributed by atoms with van der Waals surface area (Å²) in [7, 11) is -2.13. The van der Waals surface area contributed by atoms with E-state index in [1.165, 1.54) is 11.4 Å². The maximum Gasteiger partial charge on any atom is 0.306 e. The third kappa shape index (κ3) is 3.65. The van der Waals surface area contributed by atoms with Gasteiger partial charge in [-0.2, -0.15) is 4.31 Å². The molecule has 0 aromatic heterocycles. The number of sulfonamides is 1. The Morgan fingerprint density at radius 3 is 2.65 bits per heavy atom. The molecule has 1 aliphatic heterocycles. The summed E-state index contributed by atoms with van der Waals surface area (Å²) in [5.74, 6) is -0.477. The fourth-order valence-electron chi connectivity index (χ4n) is 2.10. The van der Waals surface area contributed by atoms with Crippen molar-refractivity contribution in [2.75, 3.05) is 26.0 Å². The van der Waals surface area contributed by atoms with Crippen molar-refractivity contribution in [3.05, 3.63) is 0 Å². The van der Waals surface area contributed by atoms with Crippen molar-refractivity contribution in [2.45, 2.75) is 25.8 Å². The molecule has 0 spiro atoms. The number of carbonyl (C=O) groups excluding carboxylic acids is 1. The fourth-order valence-corrected chi connectivity index (χ4v) is 3.83. The molecule has 0 saturated carbocycles. The van der Waals surface area contributed by atoms with Crippen molar-refractivity contribution in [1.82, 2.24) is 4.31 Å². The molecule has 0 amide bonds. The van der Waals surface area contributed by atoms with E-state index in [9.17, 15) is 13.2 Å². The van der Waals surface area contributed by atoms with Gasteiger partial charge in [-0.3, -0.25) is 4.79 Å². The zero-order valence-corrected chi connectivity index (χ0v) is 11.1. The number of esters is 1. The topological polar surface area (TPSA) is 89.7 Å². The molecular weight excluding hydrogens is 244 g/mol. The van der Waals surface area contributed by atoms with E-state index >= 15 is 0 Å². The van der Waals surface area contributed by atoms with Crippen LogP contribution in [0, 0.1) is 5.92 Å². The van der Waals surface area contributed by atoms with Crippen LogP contribution in [-0.4, -0.2) is 50.7 Å². The summed E-state index contributed by atoms with van der Waals surface area (Å²) in [5, 5.41) is 0. The molecular formula is C10H20N2O4S. The van der Waals surface area contributed by atoms with Crippen LogP contribution in [0.5, 0.6) is 0 Å². The highest BCUT2D eigenvalue weighted by Gasteiger charge is 2.36. The second-order valence-electron chi connectivity index (χ2n) is 4.40. The van der Waals surface area contributed by atoms with Crippen LogP contribution in [0.2, 0.25) is 0 Å². The van der Waals surface area contributed by atoms with Gasteiger partial charge in [-0.25, -0.2) is 8.42 Å². The lowest BCUT2D eigenvalue weighted by Gasteiger charge is -2.20. The van der Waals surface area contributed by atoms with E-state index in [0.717, 1.165) is 6.42 Å². The lowest BCUT2D eigenvalue weighted by atomic mass is 10.1. The van der Waals surface area contributed by atoms with Crippen molar-refractivity contribution in [3.63, 3.8) is 0 Å². The Kier molecular flexibility index (Phi) is 4.91. The molecule has 2 N–H and O–H groups in total. The zero-order chi connectivity index (χ0) is 13.1. The number of hydrogen-bond donors (Lipinski definition) is 1. The minimum atomic E-state index is -3.38. The molecule has 0 aromatic rings. The Balaban J connectivity index is 2.61. The van der Waals surface area contributed by atoms with Gasteiger partial charge in [-0.15, -0.1) is 0 Å². The molecule has 17 heavy (non-hydrogen) atoms. The first kappa shape index (κ1) is 14.4. The number of nitrogens with two attached hydrogens (primary N) is 1. The largest absolute Gasteiger partial charge is 0.469 e. The quantitative estimate of drug-likeness (QED) is 0.679. The predicted octanol–water partition coefficient (Wildman–Crippen LogP) is -0.452. The zero-order valence-electron chi connectivity index (χ0n) is 10.3. The van der Waals surface area contributed by atoms with Gasteiger partial charge in [-0.1, -0.05) is 0 Å². The Bertz CT molecular complexity index is 369. The van der Waals surface area contributed by atoms with Crippen LogP contribution in [0.1, 0.15) is 19.8 Å². The molecule has 1 fully saturated rings. The van der Waals surface area contributed by atoms with Gasteiger partial charge in [0.1, 0.15) is 0 Å². The lowest BCUT2D eigenvalue weighted by molar-refractivity contribution is -0.140. The van der Waals surface area contributed by atoms with E-state index in [1.807, 2.05) is 6.92 Å². The molecule has 2 unspecified atom stereocenters. The van der Waals surface area contributed by atoms with E-state index in [4.69, 9.17) is 5.73 Å². The van der Waals surface area contributed by atoms with Crippen molar-refractivity contribution >= 4 is 16.0 Å². The maximum absolute atomic E-state index is 12.0. The average molecular weight is 264 g/mol. The minimum Gasteiger partial charge on any atom is -0.469 e. The monoisotopic (exact) mass is 264 g/mol. The molecule has 1 saturated heterocycles. The van der Waals surface area contributed by atoms with E-state index in [1.54, 1.807) is 0 Å². The highest BCUT2D eigenvalue weighted by atomic mass is 32.2. The van der Waals surface area contributed by atoms with Gasteiger partial charge in [0.25, 0.3) is 0 Å². The van der Waals surface area contributed by atoms with Gasteiger partial charge in [0.2, 0.25) is 10.0 Å². The highest BCUT2D eigenvalue weighted by molar-refractivity contribution is 7.89. The molecule has 0 aliphatic carbocycles. The van der Waals surface area contributed by atoms with E-state index < -0.39 is 16.0 Å². The molecule has 6 nitrogen and oxygen atoms in total. The number of rotatable bonds is 5. The van der Waals surface area contributed by atoms with Crippen molar-refractivity contribution in [3.8, 4) is 0 Å². The third-order valence-electron chi connectivity index (χ3n) is 3.09. The molecule has 1 aliphatic rings. The molecule has 7 heteroatoms. The third-order valence-corrected chi connectivity index (χ3v) is 5.03. The molecule has 0 bridgehead atoms. The first-order valence-electron chi connectivity index (χ1n) is 5.67. The summed E-state index contributed by atoms with van der Waals surface area (Å²) in [6, 6.07) is -0.0359. The Morgan fingerprint density at radius 2 is 2.18 bits per heavy atom. The molecule has 100 valence electrons. The summed E-state index contributed by atoms with van der Waals surface area (Å²) >= 11 is 0. The fraction of sp³-hybridized carbons (Fsp3) is 0.900. The summed E-state index contributed by atoms with van der Waals surface area (Å²) in [6.07, 6.45) is 0.684. The molecule has 2 atom stereocenters. The number of hydrogen-bond acceptors (Lipinski definition) is 5. The number of carbonyl (C=O) groups is 1. The van der Waals surface area contributed by atoms with Gasteiger partial charge >= 0.3 is 5.97 Å². The van der Waals surface area contributed by atoms with E-state index in [-0.39, 0.29) is 24.1 Å². The summed E-state index contributed by atoms with van der Waals surface area (Å²) in [4.78, 5) is 11.0. The van der Waals surface area contributed by atoms with Crippen molar-refractivity contribution in [2.24, 2.45) is 11.7 Å². The van der Waals surface area contributed by atoms with Crippen molar-refractivity contribution < 1.29 is 17.9 Å². The molecule has 0 aromatic carbocycles. The second-order valence-corrected chi connectivity index (χ2v) is 6.44. The predicted molar refractivity (Wildman–Crippen MR) is 63.7 cm³/mol. The van der Waals surface area contributed by atoms with Gasteiger partial charge in [0.05, 0.1) is 19.3 Å². The molecule has 0 radical (unpaired) electrons. The van der Waals surface area contributed by atoms with E-state index in [0.29, 0.717) is 13.1 Å². The van der Waals surface area contributed by atoms with Crippen LogP contribution in [0.25, 0.3) is 0 Å². The molecule has 1 heterocycles. The number of nitrogens with zero attached hydrogens (tertiary/aromatic N) is 1. The van der Waals surface area contributed by atoms with Gasteiger partial charge in [-0.05, 0) is 25.8 Å². The van der Waals surface area contributed by atoms with Crippen LogP contribution < -0.4 is 5.73 Å². The van der Waals surface area contributed by atoms with Crippen LogP contribution >= 0.6 is 0 Å². The first-order chi connectivity index (χ1) is 7.90. The number of methoxy groups -OCH3 is 1. The van der Waals surface area contributed by atoms with Gasteiger partial charge < -0.3 is 10.5 Å². The van der Waals surface area contributed by atoms with Gasteiger partial charge in [0.15, 0.2) is 0 Å². The summed E-state index contributed by atoms with van der Waals surface area (Å²) in [6.45, 7) is 2.82. The van der Waals surface area contributed by atoms with Crippen molar-refractivity contribution in [1.29, 1.82) is 0 Å². The SMILES string of the molecule is COC(=O)CCS(=O)(=O)N1CC(CN)CC1C. The Hall–Kier alpha value is -0.660. The lowest BCUT2D eigenvalue weighted by Crippen LogP contribution is -2.36. The van der Waals surface area contributed by atoms with Crippen LogP contribution in [-0.2, 0) is 19.6 Å². The van der Waals surface area contributed by atoms with Crippen LogP contribution in [0.3, 0.4) is 0 Å². The standard InChI is InChI=1S/C10H20N2O4S/c1-8-5-9(6-11)7-12(8)17(14,15)4-3-10(13)16-2/h8-9H,3-7,11H2,1-2H3. The van der Waals surface area contributed by atoms with Crippen LogP contribution in [0.15, 0.2) is 0 Å². The highest BCUT2D eigenvalue weighted by Crippen LogP contribution is 2.25. The van der Waals surface area contributed by atoms with Gasteiger partial charge in [0, 0.05) is 12.6 Å².